The minimum Gasteiger partial charge on any atom is -0.338 e. The number of hydrogen-bond acceptors (Lipinski definition) is 1. The number of amides is 1. The second-order valence-corrected chi connectivity index (χ2v) is 7.96. The molecule has 0 aromatic heterocycles. The number of nitrogens with zero attached hydrogens (tertiary/aromatic N) is 1. The average Bonchev–Trinajstić information content (AvgIpc) is 2.84. The van der Waals surface area contributed by atoms with Gasteiger partial charge in [0.05, 0.1) is 5.41 Å². The van der Waals surface area contributed by atoms with Crippen LogP contribution in [0.5, 0.6) is 0 Å². The van der Waals surface area contributed by atoms with Crippen molar-refractivity contribution in [3.8, 4) is 0 Å². The molecule has 106 valence electrons. The minimum atomic E-state index is 0.0311. The van der Waals surface area contributed by atoms with E-state index in [0.717, 1.165) is 37.1 Å². The van der Waals surface area contributed by atoms with Gasteiger partial charge in [0.2, 0.25) is 5.91 Å². The summed E-state index contributed by atoms with van der Waals surface area (Å²) in [5, 5.41) is 0. The lowest BCUT2D eigenvalue weighted by atomic mass is 9.49. The predicted molar refractivity (Wildman–Crippen MR) is 76.1 cm³/mol. The molecule has 5 rings (SSSR count). The summed E-state index contributed by atoms with van der Waals surface area (Å²) in [6.45, 7) is 0.956. The van der Waals surface area contributed by atoms with Crippen LogP contribution in [-0.4, -0.2) is 29.3 Å². The highest BCUT2D eigenvalue weighted by Gasteiger charge is 2.56. The smallest absolute Gasteiger partial charge is 0.229 e. The van der Waals surface area contributed by atoms with Crippen LogP contribution in [0.3, 0.4) is 0 Å². The van der Waals surface area contributed by atoms with Crippen molar-refractivity contribution in [1.82, 2.24) is 4.90 Å². The molecule has 4 bridgehead atoms. The van der Waals surface area contributed by atoms with Crippen molar-refractivity contribution in [2.45, 2.75) is 57.4 Å². The third kappa shape index (κ3) is 1.86. The third-order valence-electron chi connectivity index (χ3n) is 6.31. The Morgan fingerprint density at radius 1 is 1.11 bits per heavy atom. The van der Waals surface area contributed by atoms with E-state index in [2.05, 4.69) is 4.90 Å². The van der Waals surface area contributed by atoms with Crippen LogP contribution in [0.15, 0.2) is 0 Å². The fourth-order valence-electron chi connectivity index (χ4n) is 5.94. The van der Waals surface area contributed by atoms with Crippen LogP contribution in [0.1, 0.15) is 51.4 Å². The van der Waals surface area contributed by atoms with Gasteiger partial charge in [-0.15, -0.1) is 11.6 Å². The van der Waals surface area contributed by atoms with Crippen molar-refractivity contribution in [2.24, 2.45) is 23.2 Å². The first-order chi connectivity index (χ1) is 9.20. The van der Waals surface area contributed by atoms with Crippen LogP contribution >= 0.6 is 11.6 Å². The molecule has 5 aliphatic rings. The minimum absolute atomic E-state index is 0.0311. The third-order valence-corrected chi connectivity index (χ3v) is 6.66. The summed E-state index contributed by atoms with van der Waals surface area (Å²) in [6.07, 6.45) is 10.0. The molecule has 1 unspecified atom stereocenters. The number of likely N-dealkylation sites (tertiary alicyclic amines) is 1. The lowest BCUT2D eigenvalue weighted by Crippen LogP contribution is -2.55. The molecule has 0 radical (unpaired) electrons. The number of carbonyl (C=O) groups is 1. The molecular formula is C16H24ClNO. The van der Waals surface area contributed by atoms with Crippen LogP contribution in [-0.2, 0) is 4.79 Å². The van der Waals surface area contributed by atoms with Gasteiger partial charge in [0, 0.05) is 18.5 Å². The topological polar surface area (TPSA) is 20.3 Å². The maximum atomic E-state index is 13.1. The Kier molecular flexibility index (Phi) is 2.88. The maximum Gasteiger partial charge on any atom is 0.229 e. The highest BCUT2D eigenvalue weighted by molar-refractivity contribution is 6.18. The molecule has 4 aliphatic carbocycles. The number of rotatable bonds is 2. The molecule has 5 fully saturated rings. The van der Waals surface area contributed by atoms with E-state index in [1.165, 1.54) is 38.5 Å². The van der Waals surface area contributed by atoms with Crippen molar-refractivity contribution >= 4 is 17.5 Å². The van der Waals surface area contributed by atoms with E-state index < -0.39 is 0 Å². The fraction of sp³-hybridized carbons (Fsp3) is 0.938. The van der Waals surface area contributed by atoms with E-state index in [4.69, 9.17) is 11.6 Å². The van der Waals surface area contributed by atoms with Gasteiger partial charge < -0.3 is 4.90 Å². The fourth-order valence-corrected chi connectivity index (χ4v) is 6.26. The first-order valence-electron chi connectivity index (χ1n) is 8.07. The largest absolute Gasteiger partial charge is 0.338 e. The van der Waals surface area contributed by atoms with Gasteiger partial charge in [-0.1, -0.05) is 0 Å². The summed E-state index contributed by atoms with van der Waals surface area (Å²) < 4.78 is 0. The Morgan fingerprint density at radius 2 is 1.68 bits per heavy atom. The molecule has 19 heavy (non-hydrogen) atoms. The lowest BCUT2D eigenvalue weighted by Gasteiger charge is -2.56. The van der Waals surface area contributed by atoms with Crippen LogP contribution in [0.2, 0.25) is 0 Å². The van der Waals surface area contributed by atoms with E-state index >= 15 is 0 Å². The van der Waals surface area contributed by atoms with Gasteiger partial charge in [-0.3, -0.25) is 4.79 Å². The number of halogens is 1. The first-order valence-corrected chi connectivity index (χ1v) is 8.61. The zero-order valence-corrected chi connectivity index (χ0v) is 12.4. The Balaban J connectivity index is 1.59. The van der Waals surface area contributed by atoms with Gasteiger partial charge in [-0.05, 0) is 69.1 Å². The van der Waals surface area contributed by atoms with Gasteiger partial charge in [0.25, 0.3) is 0 Å². The number of carbonyl (C=O) groups excluding carboxylic acids is 1. The quantitative estimate of drug-likeness (QED) is 0.710. The second kappa shape index (κ2) is 4.38. The molecule has 0 N–H and O–H groups in total. The molecule has 1 atom stereocenters. The molecule has 1 saturated heterocycles. The van der Waals surface area contributed by atoms with Crippen LogP contribution in [0.25, 0.3) is 0 Å². The summed E-state index contributed by atoms with van der Waals surface area (Å²) >= 11 is 6.06. The molecule has 0 aromatic carbocycles. The number of alkyl halides is 1. The first kappa shape index (κ1) is 12.5. The molecular weight excluding hydrogens is 258 g/mol. The highest BCUT2D eigenvalue weighted by Crippen LogP contribution is 2.60. The van der Waals surface area contributed by atoms with Gasteiger partial charge in [0.1, 0.15) is 0 Å². The molecule has 1 amide bonds. The summed E-state index contributed by atoms with van der Waals surface area (Å²) in [6, 6.07) is 0.321. The summed E-state index contributed by atoms with van der Waals surface area (Å²) in [5.74, 6) is 3.67. The SMILES string of the molecule is O=C(N1CCCC1CCl)C12CC3CC(CC(C3)C1)C2. The second-order valence-electron chi connectivity index (χ2n) is 7.65. The van der Waals surface area contributed by atoms with Gasteiger partial charge in [-0.25, -0.2) is 0 Å². The van der Waals surface area contributed by atoms with Crippen molar-refractivity contribution < 1.29 is 4.79 Å². The molecule has 1 aliphatic heterocycles. The Morgan fingerprint density at radius 3 is 2.21 bits per heavy atom. The van der Waals surface area contributed by atoms with Crippen molar-refractivity contribution in [2.75, 3.05) is 12.4 Å². The molecule has 0 spiro atoms. The Bertz CT molecular complexity index is 359. The standard InChI is InChI=1S/C16H24ClNO/c17-10-14-2-1-3-18(14)15(19)16-7-11-4-12(8-16)6-13(5-11)9-16/h11-14H,1-10H2. The molecule has 3 heteroatoms. The average molecular weight is 282 g/mol. The maximum absolute atomic E-state index is 13.1. The van der Waals surface area contributed by atoms with Crippen molar-refractivity contribution in [3.05, 3.63) is 0 Å². The van der Waals surface area contributed by atoms with Gasteiger partial charge in [0.15, 0.2) is 0 Å². The zero-order valence-electron chi connectivity index (χ0n) is 11.6. The normalized spacial score (nSPS) is 47.9. The zero-order chi connectivity index (χ0) is 13.0. The van der Waals surface area contributed by atoms with Crippen LogP contribution < -0.4 is 0 Å². The Hall–Kier alpha value is -0.240. The van der Waals surface area contributed by atoms with Gasteiger partial charge in [-0.2, -0.15) is 0 Å². The monoisotopic (exact) mass is 281 g/mol. The molecule has 4 saturated carbocycles. The summed E-state index contributed by atoms with van der Waals surface area (Å²) in [7, 11) is 0. The number of hydrogen-bond donors (Lipinski definition) is 0. The van der Waals surface area contributed by atoms with E-state index in [9.17, 15) is 4.79 Å². The van der Waals surface area contributed by atoms with E-state index in [1.54, 1.807) is 0 Å². The molecule has 2 nitrogen and oxygen atoms in total. The van der Waals surface area contributed by atoms with Gasteiger partial charge >= 0.3 is 0 Å². The highest BCUT2D eigenvalue weighted by atomic mass is 35.5. The van der Waals surface area contributed by atoms with Crippen LogP contribution in [0, 0.1) is 23.2 Å². The van der Waals surface area contributed by atoms with E-state index in [-0.39, 0.29) is 5.41 Å². The summed E-state index contributed by atoms with van der Waals surface area (Å²) in [5.41, 5.74) is 0.0311. The molecule has 1 heterocycles. The summed E-state index contributed by atoms with van der Waals surface area (Å²) in [4.78, 5) is 15.3. The van der Waals surface area contributed by atoms with Crippen LogP contribution in [0.4, 0.5) is 0 Å². The lowest BCUT2D eigenvalue weighted by molar-refractivity contribution is -0.158. The predicted octanol–water partition coefficient (Wildman–Crippen LogP) is 3.43. The Labute approximate surface area is 120 Å². The van der Waals surface area contributed by atoms with Crippen molar-refractivity contribution in [1.29, 1.82) is 0 Å². The molecule has 0 aromatic rings. The van der Waals surface area contributed by atoms with E-state index in [0.29, 0.717) is 17.8 Å². The van der Waals surface area contributed by atoms with E-state index in [1.807, 2.05) is 0 Å². The van der Waals surface area contributed by atoms with Crippen molar-refractivity contribution in [3.63, 3.8) is 0 Å².